The molecule has 0 saturated heterocycles. The molecule has 22 heavy (non-hydrogen) atoms. The summed E-state index contributed by atoms with van der Waals surface area (Å²) < 4.78 is 27.2. The number of carbonyl (C=O) groups excluding carboxylic acids is 1. The second kappa shape index (κ2) is 8.04. The van der Waals surface area contributed by atoms with Gasteiger partial charge in [-0.1, -0.05) is 42.3 Å². The molecule has 0 radical (unpaired) electrons. The van der Waals surface area contributed by atoms with E-state index in [0.29, 0.717) is 0 Å². The molecule has 0 fully saturated rings. The monoisotopic (exact) mass is 367 g/mol. The lowest BCUT2D eigenvalue weighted by molar-refractivity contribution is -0.132. The molecule has 0 aliphatic rings. The van der Waals surface area contributed by atoms with Gasteiger partial charge in [0, 0.05) is 12.6 Å². The van der Waals surface area contributed by atoms with Gasteiger partial charge in [-0.2, -0.15) is 8.42 Å². The van der Waals surface area contributed by atoms with Gasteiger partial charge in [0.05, 0.1) is 6.26 Å². The molecule has 1 atom stereocenters. The third kappa shape index (κ3) is 6.02. The SMILES string of the molecule is CCC(C)N(Cc1cccc(OS(C)(=O)=O)c1)C(=O)C(Cl)Cl. The van der Waals surface area contributed by atoms with Crippen molar-refractivity contribution in [2.75, 3.05) is 6.26 Å². The number of rotatable bonds is 7. The van der Waals surface area contributed by atoms with Gasteiger partial charge in [-0.25, -0.2) is 0 Å². The summed E-state index contributed by atoms with van der Waals surface area (Å²) in [6, 6.07) is 6.49. The van der Waals surface area contributed by atoms with Gasteiger partial charge in [0.25, 0.3) is 5.91 Å². The van der Waals surface area contributed by atoms with Gasteiger partial charge in [0.2, 0.25) is 0 Å². The Morgan fingerprint density at radius 1 is 1.36 bits per heavy atom. The standard InChI is InChI=1S/C14H19Cl2NO4S/c1-4-10(2)17(14(18)13(15)16)9-11-6-5-7-12(8-11)21-22(3,19)20/h5-8,10,13H,4,9H2,1-3H3. The summed E-state index contributed by atoms with van der Waals surface area (Å²) in [6.07, 6.45) is 1.71. The van der Waals surface area contributed by atoms with E-state index in [4.69, 9.17) is 27.4 Å². The minimum Gasteiger partial charge on any atom is -0.383 e. The number of hydrogen-bond donors (Lipinski definition) is 0. The first-order valence-corrected chi connectivity index (χ1v) is 9.40. The van der Waals surface area contributed by atoms with Crippen LogP contribution in [0.2, 0.25) is 0 Å². The number of nitrogens with zero attached hydrogens (tertiary/aromatic N) is 1. The number of carbonyl (C=O) groups is 1. The van der Waals surface area contributed by atoms with Gasteiger partial charge in [0.15, 0.2) is 4.84 Å². The van der Waals surface area contributed by atoms with Gasteiger partial charge < -0.3 is 9.08 Å². The summed E-state index contributed by atoms with van der Waals surface area (Å²) in [6.45, 7) is 4.11. The second-order valence-electron chi connectivity index (χ2n) is 4.96. The molecule has 0 bridgehead atoms. The van der Waals surface area contributed by atoms with Gasteiger partial charge in [0.1, 0.15) is 5.75 Å². The molecule has 0 aliphatic heterocycles. The molecule has 0 aromatic heterocycles. The van der Waals surface area contributed by atoms with Crippen molar-refractivity contribution in [3.8, 4) is 5.75 Å². The Hall–Kier alpha value is -0.980. The molecule has 1 aromatic carbocycles. The fourth-order valence-electron chi connectivity index (χ4n) is 1.86. The fraction of sp³-hybridized carbons (Fsp3) is 0.500. The average molecular weight is 368 g/mol. The lowest BCUT2D eigenvalue weighted by Crippen LogP contribution is -2.40. The summed E-state index contributed by atoms with van der Waals surface area (Å²) in [4.78, 5) is 12.5. The predicted molar refractivity (Wildman–Crippen MR) is 87.7 cm³/mol. The van der Waals surface area contributed by atoms with Crippen molar-refractivity contribution < 1.29 is 17.4 Å². The van der Waals surface area contributed by atoms with E-state index in [1.165, 1.54) is 6.07 Å². The van der Waals surface area contributed by atoms with Crippen molar-refractivity contribution in [3.05, 3.63) is 29.8 Å². The highest BCUT2D eigenvalue weighted by Crippen LogP contribution is 2.20. The van der Waals surface area contributed by atoms with Gasteiger partial charge in [-0.05, 0) is 31.0 Å². The average Bonchev–Trinajstić information content (AvgIpc) is 2.41. The molecule has 5 nitrogen and oxygen atoms in total. The highest BCUT2D eigenvalue weighted by Gasteiger charge is 2.24. The lowest BCUT2D eigenvalue weighted by atomic mass is 10.1. The molecule has 0 heterocycles. The van der Waals surface area contributed by atoms with Crippen LogP contribution in [0.5, 0.6) is 5.75 Å². The first-order valence-electron chi connectivity index (χ1n) is 6.71. The zero-order valence-electron chi connectivity index (χ0n) is 12.6. The van der Waals surface area contributed by atoms with Crippen LogP contribution in [0, 0.1) is 0 Å². The van der Waals surface area contributed by atoms with Crippen LogP contribution in [0.3, 0.4) is 0 Å². The smallest absolute Gasteiger partial charge is 0.306 e. The van der Waals surface area contributed by atoms with Crippen molar-refractivity contribution in [1.82, 2.24) is 4.90 Å². The Morgan fingerprint density at radius 2 is 2.00 bits per heavy atom. The van der Waals surface area contributed by atoms with Gasteiger partial charge in [-0.3, -0.25) is 4.79 Å². The van der Waals surface area contributed by atoms with Crippen LogP contribution in [-0.4, -0.2) is 36.4 Å². The van der Waals surface area contributed by atoms with Crippen LogP contribution in [0.25, 0.3) is 0 Å². The molecule has 0 spiro atoms. The Morgan fingerprint density at radius 3 is 2.50 bits per heavy atom. The maximum atomic E-state index is 12.1. The number of hydrogen-bond acceptors (Lipinski definition) is 4. The van der Waals surface area contributed by atoms with Crippen molar-refractivity contribution in [2.45, 2.75) is 37.7 Å². The molecule has 0 N–H and O–H groups in total. The van der Waals surface area contributed by atoms with Crippen LogP contribution < -0.4 is 4.18 Å². The van der Waals surface area contributed by atoms with E-state index >= 15 is 0 Å². The minimum atomic E-state index is -3.60. The second-order valence-corrected chi connectivity index (χ2v) is 7.63. The van der Waals surface area contributed by atoms with Crippen LogP contribution in [0.15, 0.2) is 24.3 Å². The Bertz CT molecular complexity index is 619. The zero-order chi connectivity index (χ0) is 16.9. The number of amides is 1. The Labute approximate surface area is 141 Å². The van der Waals surface area contributed by atoms with Crippen LogP contribution in [-0.2, 0) is 21.5 Å². The third-order valence-electron chi connectivity index (χ3n) is 3.09. The van der Waals surface area contributed by atoms with Crippen LogP contribution in [0.4, 0.5) is 0 Å². The normalized spacial score (nSPS) is 13.0. The summed E-state index contributed by atoms with van der Waals surface area (Å²) in [5, 5.41) is 0. The highest BCUT2D eigenvalue weighted by atomic mass is 35.5. The van der Waals surface area contributed by atoms with E-state index in [1.807, 2.05) is 13.8 Å². The molecule has 1 unspecified atom stereocenters. The molecular weight excluding hydrogens is 349 g/mol. The van der Waals surface area contributed by atoms with E-state index in [1.54, 1.807) is 23.1 Å². The van der Waals surface area contributed by atoms with Crippen LogP contribution in [0.1, 0.15) is 25.8 Å². The van der Waals surface area contributed by atoms with Crippen molar-refractivity contribution >= 4 is 39.2 Å². The third-order valence-corrected chi connectivity index (χ3v) is 3.96. The highest BCUT2D eigenvalue weighted by molar-refractivity contribution is 7.86. The summed E-state index contributed by atoms with van der Waals surface area (Å²) in [5.74, 6) is -0.183. The van der Waals surface area contributed by atoms with E-state index in [0.717, 1.165) is 18.2 Å². The number of benzene rings is 1. The summed E-state index contributed by atoms with van der Waals surface area (Å²) in [5.41, 5.74) is 0.726. The molecule has 0 saturated carbocycles. The lowest BCUT2D eigenvalue weighted by Gasteiger charge is -2.29. The molecule has 1 aromatic rings. The van der Waals surface area contributed by atoms with E-state index in [-0.39, 0.29) is 24.2 Å². The molecular formula is C14H19Cl2NO4S. The Kier molecular flexibility index (Phi) is 6.97. The quantitative estimate of drug-likeness (QED) is 0.548. The van der Waals surface area contributed by atoms with Gasteiger partial charge >= 0.3 is 10.1 Å². The number of halogens is 2. The van der Waals surface area contributed by atoms with E-state index in [9.17, 15) is 13.2 Å². The summed E-state index contributed by atoms with van der Waals surface area (Å²) >= 11 is 11.4. The molecule has 1 rings (SSSR count). The van der Waals surface area contributed by atoms with E-state index in [2.05, 4.69) is 0 Å². The Balaban J connectivity index is 2.98. The molecule has 0 aliphatic carbocycles. The van der Waals surface area contributed by atoms with Crippen molar-refractivity contribution in [2.24, 2.45) is 0 Å². The largest absolute Gasteiger partial charge is 0.383 e. The van der Waals surface area contributed by atoms with Crippen molar-refractivity contribution in [1.29, 1.82) is 0 Å². The predicted octanol–water partition coefficient (Wildman–Crippen LogP) is 2.96. The molecule has 124 valence electrons. The molecule has 8 heteroatoms. The fourth-order valence-corrected chi connectivity index (χ4v) is 2.57. The maximum absolute atomic E-state index is 12.1. The zero-order valence-corrected chi connectivity index (χ0v) is 15.0. The topological polar surface area (TPSA) is 63.7 Å². The van der Waals surface area contributed by atoms with Crippen LogP contribution >= 0.6 is 23.2 Å². The first-order chi connectivity index (χ1) is 10.1. The summed E-state index contributed by atoms with van der Waals surface area (Å²) in [7, 11) is -3.60. The van der Waals surface area contributed by atoms with E-state index < -0.39 is 15.0 Å². The first kappa shape index (κ1) is 19.1. The minimum absolute atomic E-state index is 0.0491. The van der Waals surface area contributed by atoms with Crippen molar-refractivity contribution in [3.63, 3.8) is 0 Å². The maximum Gasteiger partial charge on any atom is 0.306 e. The van der Waals surface area contributed by atoms with Gasteiger partial charge in [-0.15, -0.1) is 0 Å². The molecule has 1 amide bonds. The number of alkyl halides is 2.